The average molecular weight is 358 g/mol. The Kier molecular flexibility index (Phi) is 6.02. The first-order chi connectivity index (χ1) is 12.2. The lowest BCUT2D eigenvalue weighted by Gasteiger charge is -2.15. The maximum absolute atomic E-state index is 13.5. The van der Waals surface area contributed by atoms with E-state index in [1.54, 1.807) is 26.8 Å². The smallest absolute Gasteiger partial charge is 0.276 e. The Morgan fingerprint density at radius 3 is 2.23 bits per heavy atom. The Labute approximate surface area is 152 Å². The molecule has 2 aromatic rings. The van der Waals surface area contributed by atoms with Crippen molar-refractivity contribution in [3.63, 3.8) is 0 Å². The zero-order valence-electron chi connectivity index (χ0n) is 15.6. The van der Waals surface area contributed by atoms with Crippen LogP contribution in [0.3, 0.4) is 0 Å². The number of hydrogen-bond acceptors (Lipinski definition) is 4. The van der Waals surface area contributed by atoms with Gasteiger partial charge in [-0.3, -0.25) is 9.59 Å². The van der Waals surface area contributed by atoms with Crippen LogP contribution in [-0.2, 0) is 0 Å². The molecule has 0 aliphatic carbocycles. The van der Waals surface area contributed by atoms with Crippen molar-refractivity contribution in [1.82, 2.24) is 15.3 Å². The van der Waals surface area contributed by atoms with Gasteiger partial charge in [0.25, 0.3) is 11.8 Å². The molecule has 0 saturated carbocycles. The first kappa shape index (κ1) is 19.5. The molecule has 1 aromatic carbocycles. The number of carbonyl (C=O) groups excluding carboxylic acids is 2. The number of aryl methyl sites for hydroxylation is 3. The summed E-state index contributed by atoms with van der Waals surface area (Å²) in [5.41, 5.74) is 2.01. The van der Waals surface area contributed by atoms with Gasteiger partial charge in [0.2, 0.25) is 0 Å². The van der Waals surface area contributed by atoms with Crippen LogP contribution in [-0.4, -0.2) is 27.8 Å². The SMILES string of the molecule is CC[C@H](C)NC(=O)c1nc(C)c(C)nc1C(=O)Nc1cc(F)ccc1C. The van der Waals surface area contributed by atoms with Crippen molar-refractivity contribution in [3.8, 4) is 0 Å². The number of aromatic nitrogens is 2. The van der Waals surface area contributed by atoms with Crippen LogP contribution >= 0.6 is 0 Å². The molecule has 0 unspecified atom stereocenters. The average Bonchev–Trinajstić information content (AvgIpc) is 2.59. The molecule has 0 saturated heterocycles. The van der Waals surface area contributed by atoms with Gasteiger partial charge in [0.1, 0.15) is 5.82 Å². The number of rotatable bonds is 5. The van der Waals surface area contributed by atoms with E-state index < -0.39 is 17.6 Å². The number of anilines is 1. The minimum atomic E-state index is -0.608. The minimum Gasteiger partial charge on any atom is -0.348 e. The normalized spacial score (nSPS) is 11.8. The van der Waals surface area contributed by atoms with Crippen LogP contribution < -0.4 is 10.6 Å². The second-order valence-electron chi connectivity index (χ2n) is 6.29. The number of carbonyl (C=O) groups is 2. The third-order valence-electron chi connectivity index (χ3n) is 4.17. The molecule has 0 aliphatic heterocycles. The van der Waals surface area contributed by atoms with Crippen molar-refractivity contribution in [2.24, 2.45) is 0 Å². The van der Waals surface area contributed by atoms with Gasteiger partial charge in [-0.1, -0.05) is 13.0 Å². The predicted octanol–water partition coefficient (Wildman–Crippen LogP) is 3.32. The predicted molar refractivity (Wildman–Crippen MR) is 97.8 cm³/mol. The highest BCUT2D eigenvalue weighted by molar-refractivity contribution is 6.10. The van der Waals surface area contributed by atoms with E-state index in [4.69, 9.17) is 0 Å². The molecule has 7 heteroatoms. The fourth-order valence-electron chi connectivity index (χ4n) is 2.22. The third kappa shape index (κ3) is 4.41. The lowest BCUT2D eigenvalue weighted by atomic mass is 10.1. The van der Waals surface area contributed by atoms with Crippen LogP contribution in [0.2, 0.25) is 0 Å². The highest BCUT2D eigenvalue weighted by Crippen LogP contribution is 2.18. The number of amides is 2. The summed E-state index contributed by atoms with van der Waals surface area (Å²) < 4.78 is 13.5. The molecule has 2 N–H and O–H groups in total. The monoisotopic (exact) mass is 358 g/mol. The van der Waals surface area contributed by atoms with E-state index >= 15 is 0 Å². The largest absolute Gasteiger partial charge is 0.348 e. The van der Waals surface area contributed by atoms with Gasteiger partial charge >= 0.3 is 0 Å². The Hall–Kier alpha value is -2.83. The Morgan fingerprint density at radius 1 is 1.08 bits per heavy atom. The van der Waals surface area contributed by atoms with E-state index in [0.29, 0.717) is 22.6 Å². The summed E-state index contributed by atoms with van der Waals surface area (Å²) in [5, 5.41) is 5.41. The number of nitrogens with one attached hydrogen (secondary N) is 2. The molecular formula is C19H23FN4O2. The summed E-state index contributed by atoms with van der Waals surface area (Å²) in [6.45, 7) is 8.99. The number of nitrogens with zero attached hydrogens (tertiary/aromatic N) is 2. The van der Waals surface area contributed by atoms with Crippen LogP contribution in [0.5, 0.6) is 0 Å². The molecule has 0 radical (unpaired) electrons. The van der Waals surface area contributed by atoms with Gasteiger partial charge in [0.15, 0.2) is 11.4 Å². The van der Waals surface area contributed by atoms with Crippen LogP contribution in [0.25, 0.3) is 0 Å². The second kappa shape index (κ2) is 8.03. The maximum Gasteiger partial charge on any atom is 0.276 e. The van der Waals surface area contributed by atoms with E-state index in [1.807, 2.05) is 13.8 Å². The number of halogens is 1. The Balaban J connectivity index is 2.40. The Bertz CT molecular complexity index is 852. The topological polar surface area (TPSA) is 84.0 Å². The van der Waals surface area contributed by atoms with Crippen molar-refractivity contribution in [2.45, 2.75) is 47.1 Å². The molecule has 0 fully saturated rings. The standard InChI is InChI=1S/C19H23FN4O2/c1-6-11(3)21-18(25)16-17(23-13(5)12(4)22-16)19(26)24-15-9-14(20)8-7-10(15)2/h7-9,11H,6H2,1-5H3,(H,21,25)(H,24,26)/t11-/m0/s1. The van der Waals surface area contributed by atoms with Gasteiger partial charge in [0, 0.05) is 11.7 Å². The van der Waals surface area contributed by atoms with Gasteiger partial charge in [0.05, 0.1) is 11.4 Å². The zero-order chi connectivity index (χ0) is 19.4. The second-order valence-corrected chi connectivity index (χ2v) is 6.29. The van der Waals surface area contributed by atoms with Gasteiger partial charge in [-0.2, -0.15) is 0 Å². The van der Waals surface area contributed by atoms with Crippen molar-refractivity contribution >= 4 is 17.5 Å². The highest BCUT2D eigenvalue weighted by atomic mass is 19.1. The molecule has 1 heterocycles. The molecule has 2 amide bonds. The molecule has 0 spiro atoms. The molecule has 26 heavy (non-hydrogen) atoms. The highest BCUT2D eigenvalue weighted by Gasteiger charge is 2.23. The van der Waals surface area contributed by atoms with Crippen molar-refractivity contribution in [3.05, 3.63) is 52.4 Å². The summed E-state index contributed by atoms with van der Waals surface area (Å²) in [7, 11) is 0. The number of benzene rings is 1. The van der Waals surface area contributed by atoms with Gasteiger partial charge in [-0.15, -0.1) is 0 Å². The van der Waals surface area contributed by atoms with Gasteiger partial charge in [-0.05, 0) is 51.8 Å². The molecule has 0 bridgehead atoms. The van der Waals surface area contributed by atoms with Crippen LogP contribution in [0, 0.1) is 26.6 Å². The molecule has 0 aliphatic rings. The lowest BCUT2D eigenvalue weighted by Crippen LogP contribution is -2.35. The van der Waals surface area contributed by atoms with E-state index in [9.17, 15) is 14.0 Å². The maximum atomic E-state index is 13.5. The summed E-state index contributed by atoms with van der Waals surface area (Å²) in [4.78, 5) is 33.7. The molecule has 1 aromatic heterocycles. The van der Waals surface area contributed by atoms with E-state index in [2.05, 4.69) is 20.6 Å². The van der Waals surface area contributed by atoms with Gasteiger partial charge in [-0.25, -0.2) is 14.4 Å². The fraction of sp³-hybridized carbons (Fsp3) is 0.368. The van der Waals surface area contributed by atoms with E-state index in [-0.39, 0.29) is 17.4 Å². The van der Waals surface area contributed by atoms with Gasteiger partial charge < -0.3 is 10.6 Å². The summed E-state index contributed by atoms with van der Waals surface area (Å²) in [6, 6.07) is 4.03. The molecule has 1 atom stereocenters. The fourth-order valence-corrected chi connectivity index (χ4v) is 2.22. The number of hydrogen-bond donors (Lipinski definition) is 2. The van der Waals surface area contributed by atoms with Crippen molar-refractivity contribution in [1.29, 1.82) is 0 Å². The first-order valence-electron chi connectivity index (χ1n) is 8.46. The lowest BCUT2D eigenvalue weighted by molar-refractivity contribution is 0.0920. The zero-order valence-corrected chi connectivity index (χ0v) is 15.6. The summed E-state index contributed by atoms with van der Waals surface area (Å²) in [6.07, 6.45) is 0.744. The minimum absolute atomic E-state index is 0.0417. The molecule has 2 rings (SSSR count). The Morgan fingerprint density at radius 2 is 1.65 bits per heavy atom. The summed E-state index contributed by atoms with van der Waals surface area (Å²) in [5.74, 6) is -1.54. The first-order valence-corrected chi connectivity index (χ1v) is 8.46. The van der Waals surface area contributed by atoms with Crippen LogP contribution in [0.15, 0.2) is 18.2 Å². The quantitative estimate of drug-likeness (QED) is 0.859. The summed E-state index contributed by atoms with van der Waals surface area (Å²) >= 11 is 0. The third-order valence-corrected chi connectivity index (χ3v) is 4.17. The molecule has 6 nitrogen and oxygen atoms in total. The van der Waals surface area contributed by atoms with E-state index in [1.165, 1.54) is 12.1 Å². The molecule has 138 valence electrons. The van der Waals surface area contributed by atoms with Crippen LogP contribution in [0.4, 0.5) is 10.1 Å². The molecular weight excluding hydrogens is 335 g/mol. The van der Waals surface area contributed by atoms with Crippen LogP contribution in [0.1, 0.15) is 58.2 Å². The van der Waals surface area contributed by atoms with Crippen molar-refractivity contribution in [2.75, 3.05) is 5.32 Å². The van der Waals surface area contributed by atoms with E-state index in [0.717, 1.165) is 6.42 Å². The van der Waals surface area contributed by atoms with Crippen molar-refractivity contribution < 1.29 is 14.0 Å².